The molecule has 11 aromatic rings. The number of fused-ring (bicyclic) bond motifs is 7. The minimum atomic E-state index is 0.714. The molecule has 3 heterocycles. The van der Waals surface area contributed by atoms with Gasteiger partial charge in [-0.3, -0.25) is 0 Å². The molecule has 0 aliphatic rings. The van der Waals surface area contributed by atoms with Crippen molar-refractivity contribution in [1.82, 2.24) is 9.97 Å². The van der Waals surface area contributed by atoms with Gasteiger partial charge in [0.25, 0.3) is 0 Å². The van der Waals surface area contributed by atoms with Crippen molar-refractivity contribution in [2.75, 3.05) is 0 Å². The van der Waals surface area contributed by atoms with Crippen LogP contribution >= 0.6 is 22.7 Å². The van der Waals surface area contributed by atoms with Crippen molar-refractivity contribution >= 4 is 73.8 Å². The van der Waals surface area contributed by atoms with E-state index < -0.39 is 0 Å². The molecule has 0 amide bonds. The number of hydrogen-bond acceptors (Lipinski definition) is 4. The number of nitrogens with zero attached hydrogens (tertiary/aromatic N) is 2. The van der Waals surface area contributed by atoms with Crippen molar-refractivity contribution in [3.63, 3.8) is 0 Å². The Morgan fingerprint density at radius 3 is 1.74 bits per heavy atom. The third kappa shape index (κ3) is 5.22. The molecule has 0 spiro atoms. The van der Waals surface area contributed by atoms with E-state index in [2.05, 4.69) is 182 Å². The minimum absolute atomic E-state index is 0.714. The van der Waals surface area contributed by atoms with Crippen LogP contribution < -0.4 is 0 Å². The lowest BCUT2D eigenvalue weighted by Gasteiger charge is -2.15. The smallest absolute Gasteiger partial charge is 0.160 e. The van der Waals surface area contributed by atoms with Crippen LogP contribution in [-0.4, -0.2) is 9.97 Å². The Balaban J connectivity index is 1.18. The molecule has 0 unspecified atom stereocenters. The zero-order valence-corrected chi connectivity index (χ0v) is 30.7. The summed E-state index contributed by atoms with van der Waals surface area (Å²) in [5.41, 5.74) is 9.64. The lowest BCUT2D eigenvalue weighted by atomic mass is 9.91. The van der Waals surface area contributed by atoms with E-state index in [-0.39, 0.29) is 0 Å². The zero-order valence-electron chi connectivity index (χ0n) is 29.0. The van der Waals surface area contributed by atoms with Gasteiger partial charge in [-0.2, -0.15) is 0 Å². The summed E-state index contributed by atoms with van der Waals surface area (Å²) in [5, 5.41) is 7.54. The summed E-state index contributed by atoms with van der Waals surface area (Å²) >= 11 is 3.68. The zero-order chi connectivity index (χ0) is 35.6. The fourth-order valence-corrected chi connectivity index (χ4v) is 10.1. The average molecular weight is 723 g/mol. The highest BCUT2D eigenvalue weighted by atomic mass is 32.1. The first kappa shape index (κ1) is 31.1. The third-order valence-electron chi connectivity index (χ3n) is 10.5. The highest BCUT2D eigenvalue weighted by molar-refractivity contribution is 7.26. The largest absolute Gasteiger partial charge is 0.228 e. The summed E-state index contributed by atoms with van der Waals surface area (Å²) < 4.78 is 5.14. The summed E-state index contributed by atoms with van der Waals surface area (Å²) in [4.78, 5) is 10.6. The summed E-state index contributed by atoms with van der Waals surface area (Å²) in [7, 11) is 0. The van der Waals surface area contributed by atoms with E-state index in [0.717, 1.165) is 39.2 Å². The molecular weight excluding hydrogens is 693 g/mol. The van der Waals surface area contributed by atoms with Gasteiger partial charge in [0.1, 0.15) is 0 Å². The predicted molar refractivity (Wildman–Crippen MR) is 232 cm³/mol. The molecule has 0 bridgehead atoms. The Hall–Kier alpha value is -6.46. The Kier molecular flexibility index (Phi) is 7.25. The van der Waals surface area contributed by atoms with E-state index >= 15 is 0 Å². The van der Waals surface area contributed by atoms with Crippen LogP contribution in [0.3, 0.4) is 0 Å². The standard InChI is InChI=1S/C50H30N2S2/c1-2-13-32(14-3-1)43-30-44(52-50(51-43)33-24-25-47-42(29-33)40-17-6-8-21-45(40)53-47)36-27-34(38-19-10-15-31-12-4-5-16-37(31)38)26-35(28-36)39-20-11-23-48-49(39)41-18-7-9-22-46(41)54-48/h1-30H. The number of aromatic nitrogens is 2. The van der Waals surface area contributed by atoms with Crippen molar-refractivity contribution in [2.24, 2.45) is 0 Å². The average Bonchev–Trinajstić information content (AvgIpc) is 3.82. The summed E-state index contributed by atoms with van der Waals surface area (Å²) in [6.45, 7) is 0. The van der Waals surface area contributed by atoms with Gasteiger partial charge in [0.15, 0.2) is 5.82 Å². The summed E-state index contributed by atoms with van der Waals surface area (Å²) in [6.07, 6.45) is 0. The second kappa shape index (κ2) is 12.6. The van der Waals surface area contributed by atoms with E-state index in [1.54, 1.807) is 0 Å². The maximum absolute atomic E-state index is 5.40. The van der Waals surface area contributed by atoms with Gasteiger partial charge < -0.3 is 0 Å². The molecule has 0 radical (unpaired) electrons. The third-order valence-corrected chi connectivity index (χ3v) is 12.8. The molecule has 0 aliphatic carbocycles. The van der Waals surface area contributed by atoms with Gasteiger partial charge in [-0.05, 0) is 93.7 Å². The number of rotatable bonds is 5. The lowest BCUT2D eigenvalue weighted by molar-refractivity contribution is 1.18. The molecule has 0 fully saturated rings. The fourth-order valence-electron chi connectivity index (χ4n) is 7.92. The number of thiophene rings is 2. The van der Waals surface area contributed by atoms with E-state index in [1.165, 1.54) is 62.2 Å². The SMILES string of the molecule is c1ccc(-c2cc(-c3cc(-c4cccc5ccccc45)cc(-c4cccc5sc6ccccc6c45)c3)nc(-c3ccc4sc5ccccc5c4c3)n2)cc1. The highest BCUT2D eigenvalue weighted by Gasteiger charge is 2.17. The van der Waals surface area contributed by atoms with E-state index in [0.29, 0.717) is 5.82 Å². The van der Waals surface area contributed by atoms with Gasteiger partial charge in [0.05, 0.1) is 11.4 Å². The molecule has 0 saturated carbocycles. The Morgan fingerprint density at radius 2 is 0.889 bits per heavy atom. The van der Waals surface area contributed by atoms with Crippen molar-refractivity contribution in [2.45, 2.75) is 0 Å². The van der Waals surface area contributed by atoms with Crippen LogP contribution in [0.4, 0.5) is 0 Å². The van der Waals surface area contributed by atoms with Crippen LogP contribution in [0, 0.1) is 0 Å². The minimum Gasteiger partial charge on any atom is -0.228 e. The summed E-state index contributed by atoms with van der Waals surface area (Å²) in [6, 6.07) is 65.6. The van der Waals surface area contributed by atoms with Gasteiger partial charge in [-0.1, -0.05) is 121 Å². The van der Waals surface area contributed by atoms with E-state index in [1.807, 2.05) is 22.7 Å². The van der Waals surface area contributed by atoms with Crippen LogP contribution in [0.15, 0.2) is 182 Å². The molecule has 8 aromatic carbocycles. The fraction of sp³-hybridized carbons (Fsp3) is 0. The molecule has 3 aromatic heterocycles. The molecule has 0 N–H and O–H groups in total. The monoisotopic (exact) mass is 722 g/mol. The van der Waals surface area contributed by atoms with Crippen LogP contribution in [0.1, 0.15) is 0 Å². The number of hydrogen-bond donors (Lipinski definition) is 0. The van der Waals surface area contributed by atoms with E-state index in [4.69, 9.17) is 9.97 Å². The Labute approximate surface area is 320 Å². The second-order valence-electron chi connectivity index (χ2n) is 13.7. The molecule has 252 valence electrons. The van der Waals surface area contributed by atoms with Gasteiger partial charge in [-0.25, -0.2) is 9.97 Å². The van der Waals surface area contributed by atoms with Gasteiger partial charge in [-0.15, -0.1) is 22.7 Å². The van der Waals surface area contributed by atoms with E-state index in [9.17, 15) is 0 Å². The lowest BCUT2D eigenvalue weighted by Crippen LogP contribution is -1.97. The topological polar surface area (TPSA) is 25.8 Å². The Bertz CT molecular complexity index is 3220. The normalized spacial score (nSPS) is 11.7. The van der Waals surface area contributed by atoms with Gasteiger partial charge >= 0.3 is 0 Å². The molecule has 54 heavy (non-hydrogen) atoms. The van der Waals surface area contributed by atoms with Crippen LogP contribution in [0.2, 0.25) is 0 Å². The Morgan fingerprint density at radius 1 is 0.315 bits per heavy atom. The highest BCUT2D eigenvalue weighted by Crippen LogP contribution is 2.43. The van der Waals surface area contributed by atoms with Crippen molar-refractivity contribution in [1.29, 1.82) is 0 Å². The van der Waals surface area contributed by atoms with Crippen LogP contribution in [0.5, 0.6) is 0 Å². The molecule has 0 saturated heterocycles. The molecule has 0 aliphatic heterocycles. The first-order chi connectivity index (χ1) is 26.7. The van der Waals surface area contributed by atoms with Crippen molar-refractivity contribution in [3.05, 3.63) is 182 Å². The summed E-state index contributed by atoms with van der Waals surface area (Å²) in [5.74, 6) is 0.714. The molecular formula is C50H30N2S2. The molecule has 0 atom stereocenters. The quantitative estimate of drug-likeness (QED) is 0.177. The molecule has 2 nitrogen and oxygen atoms in total. The van der Waals surface area contributed by atoms with Crippen molar-refractivity contribution in [3.8, 4) is 56.2 Å². The first-order valence-corrected chi connectivity index (χ1v) is 19.8. The number of benzene rings is 8. The molecule has 11 rings (SSSR count). The maximum Gasteiger partial charge on any atom is 0.160 e. The van der Waals surface area contributed by atoms with Gasteiger partial charge in [0, 0.05) is 57.0 Å². The van der Waals surface area contributed by atoms with Gasteiger partial charge in [0.2, 0.25) is 0 Å². The molecule has 4 heteroatoms. The van der Waals surface area contributed by atoms with Crippen molar-refractivity contribution < 1.29 is 0 Å². The first-order valence-electron chi connectivity index (χ1n) is 18.1. The second-order valence-corrected chi connectivity index (χ2v) is 15.9. The maximum atomic E-state index is 5.40. The van der Waals surface area contributed by atoms with Crippen LogP contribution in [-0.2, 0) is 0 Å². The van der Waals surface area contributed by atoms with Crippen LogP contribution in [0.25, 0.3) is 107 Å². The predicted octanol–water partition coefficient (Wildman–Crippen LogP) is 14.7.